The second-order valence-electron chi connectivity index (χ2n) is 14.9. The lowest BCUT2D eigenvalue weighted by molar-refractivity contribution is 0.670. The SMILES string of the molecule is c1cc(-c2ccc(-c3ccc4ccccc4c3)cc2)cc(N(c2ccc(-c3cccc4ccccc34)cc2)c2ccc(-c3cccc4c3oc3ccccc34)cc2)c1. The molecular formula is C56H37NO. The van der Waals surface area contributed by atoms with Crippen LogP contribution in [0.25, 0.3) is 88.0 Å². The quantitative estimate of drug-likeness (QED) is 0.162. The van der Waals surface area contributed by atoms with Crippen LogP contribution in [0.2, 0.25) is 0 Å². The molecule has 0 unspecified atom stereocenters. The Morgan fingerprint density at radius 3 is 1.55 bits per heavy atom. The number of rotatable bonds is 7. The highest BCUT2D eigenvalue weighted by atomic mass is 16.3. The van der Waals surface area contributed by atoms with Gasteiger partial charge in [0.2, 0.25) is 0 Å². The predicted molar refractivity (Wildman–Crippen MR) is 245 cm³/mol. The number of fused-ring (bicyclic) bond motifs is 5. The van der Waals surface area contributed by atoms with Gasteiger partial charge in [0.15, 0.2) is 0 Å². The predicted octanol–water partition coefficient (Wildman–Crippen LogP) is 16.0. The molecule has 0 radical (unpaired) electrons. The van der Waals surface area contributed by atoms with E-state index < -0.39 is 0 Å². The maximum atomic E-state index is 6.42. The molecule has 0 aliphatic rings. The Morgan fingerprint density at radius 2 is 0.793 bits per heavy atom. The lowest BCUT2D eigenvalue weighted by atomic mass is 9.97. The Bertz CT molecular complexity index is 3260. The number of benzene rings is 10. The van der Waals surface area contributed by atoms with Gasteiger partial charge in [0.05, 0.1) is 0 Å². The van der Waals surface area contributed by atoms with Gasteiger partial charge in [-0.25, -0.2) is 0 Å². The van der Waals surface area contributed by atoms with E-state index in [1.165, 1.54) is 49.4 Å². The normalized spacial score (nSPS) is 11.4. The molecular weight excluding hydrogens is 703 g/mol. The summed E-state index contributed by atoms with van der Waals surface area (Å²) < 4.78 is 6.42. The number of hydrogen-bond donors (Lipinski definition) is 0. The molecule has 11 aromatic rings. The van der Waals surface area contributed by atoms with Crippen molar-refractivity contribution in [2.45, 2.75) is 0 Å². The van der Waals surface area contributed by atoms with Crippen molar-refractivity contribution in [2.24, 2.45) is 0 Å². The Hall–Kier alpha value is -7.68. The maximum Gasteiger partial charge on any atom is 0.143 e. The van der Waals surface area contributed by atoms with Gasteiger partial charge in [-0.05, 0) is 109 Å². The van der Waals surface area contributed by atoms with Crippen LogP contribution < -0.4 is 4.90 Å². The van der Waals surface area contributed by atoms with Crippen molar-refractivity contribution in [3.8, 4) is 44.5 Å². The van der Waals surface area contributed by atoms with Crippen molar-refractivity contribution in [3.63, 3.8) is 0 Å². The molecule has 0 aliphatic heterocycles. The first-order valence-electron chi connectivity index (χ1n) is 19.8. The molecule has 1 aromatic heterocycles. The van der Waals surface area contributed by atoms with Crippen molar-refractivity contribution in [1.82, 2.24) is 0 Å². The van der Waals surface area contributed by atoms with Crippen LogP contribution in [0.4, 0.5) is 17.1 Å². The molecule has 0 atom stereocenters. The molecule has 0 spiro atoms. The Balaban J connectivity index is 0.979. The van der Waals surface area contributed by atoms with E-state index in [1.54, 1.807) is 0 Å². The summed E-state index contributed by atoms with van der Waals surface area (Å²) >= 11 is 0. The second-order valence-corrected chi connectivity index (χ2v) is 14.9. The van der Waals surface area contributed by atoms with Crippen molar-refractivity contribution in [2.75, 3.05) is 4.90 Å². The molecule has 0 fully saturated rings. The summed E-state index contributed by atoms with van der Waals surface area (Å²) in [5, 5.41) is 7.27. The van der Waals surface area contributed by atoms with E-state index in [2.05, 4.69) is 217 Å². The van der Waals surface area contributed by atoms with E-state index >= 15 is 0 Å². The second kappa shape index (κ2) is 14.1. The fourth-order valence-corrected chi connectivity index (χ4v) is 8.53. The first-order valence-corrected chi connectivity index (χ1v) is 19.8. The lowest BCUT2D eigenvalue weighted by Gasteiger charge is -2.26. The Kier molecular flexibility index (Phi) is 8.19. The number of nitrogens with zero attached hydrogens (tertiary/aromatic N) is 1. The summed E-state index contributed by atoms with van der Waals surface area (Å²) in [5.41, 5.74) is 14.4. The topological polar surface area (TPSA) is 16.4 Å². The average molecular weight is 740 g/mol. The fourth-order valence-electron chi connectivity index (χ4n) is 8.53. The lowest BCUT2D eigenvalue weighted by Crippen LogP contribution is -2.10. The van der Waals surface area contributed by atoms with Gasteiger partial charge in [-0.1, -0.05) is 176 Å². The number of para-hydroxylation sites is 2. The number of hydrogen-bond acceptors (Lipinski definition) is 2. The molecule has 2 nitrogen and oxygen atoms in total. The van der Waals surface area contributed by atoms with Crippen LogP contribution in [-0.2, 0) is 0 Å². The van der Waals surface area contributed by atoms with E-state index in [0.717, 1.165) is 55.7 Å². The zero-order chi connectivity index (χ0) is 38.4. The van der Waals surface area contributed by atoms with Crippen molar-refractivity contribution in [1.29, 1.82) is 0 Å². The highest BCUT2D eigenvalue weighted by Crippen LogP contribution is 2.41. The smallest absolute Gasteiger partial charge is 0.143 e. The van der Waals surface area contributed by atoms with Crippen molar-refractivity contribution < 1.29 is 4.42 Å². The van der Waals surface area contributed by atoms with E-state index in [9.17, 15) is 0 Å². The molecule has 272 valence electrons. The van der Waals surface area contributed by atoms with E-state index in [-0.39, 0.29) is 0 Å². The summed E-state index contributed by atoms with van der Waals surface area (Å²) in [6.07, 6.45) is 0. The van der Waals surface area contributed by atoms with Gasteiger partial charge in [-0.15, -0.1) is 0 Å². The summed E-state index contributed by atoms with van der Waals surface area (Å²) in [5.74, 6) is 0. The minimum absolute atomic E-state index is 0.905. The first-order chi connectivity index (χ1) is 28.7. The molecule has 0 saturated carbocycles. The van der Waals surface area contributed by atoms with Crippen LogP contribution in [0, 0.1) is 0 Å². The third-order valence-electron chi connectivity index (χ3n) is 11.5. The zero-order valence-electron chi connectivity index (χ0n) is 31.7. The van der Waals surface area contributed by atoms with Gasteiger partial charge in [0.25, 0.3) is 0 Å². The molecule has 11 rings (SSSR count). The Labute approximate surface area is 337 Å². The van der Waals surface area contributed by atoms with Crippen molar-refractivity contribution >= 4 is 60.5 Å². The summed E-state index contributed by atoms with van der Waals surface area (Å²) in [6, 6.07) is 80.7. The van der Waals surface area contributed by atoms with Crippen LogP contribution in [0.15, 0.2) is 229 Å². The van der Waals surface area contributed by atoms with Gasteiger partial charge in [0, 0.05) is 33.4 Å². The van der Waals surface area contributed by atoms with Crippen LogP contribution >= 0.6 is 0 Å². The summed E-state index contributed by atoms with van der Waals surface area (Å²) in [4.78, 5) is 2.35. The maximum absolute atomic E-state index is 6.42. The Morgan fingerprint density at radius 1 is 0.276 bits per heavy atom. The fraction of sp³-hybridized carbons (Fsp3) is 0. The first kappa shape index (κ1) is 33.6. The molecule has 0 amide bonds. The van der Waals surface area contributed by atoms with Gasteiger partial charge in [-0.2, -0.15) is 0 Å². The standard InChI is InChI=1S/C56H37NO/c1-2-12-44-36-46(27-26-38(44)10-1)40-24-22-39(23-25-40)45-14-7-15-49(37-45)57(47-32-28-42(29-33-47)51-18-8-13-41-11-3-4-16-50(41)51)48-34-30-43(31-35-48)52-19-9-20-54-53-17-5-6-21-55(53)58-56(52)54/h1-37H. The molecule has 0 N–H and O–H groups in total. The van der Waals surface area contributed by atoms with Crippen LogP contribution in [0.3, 0.4) is 0 Å². The summed E-state index contributed by atoms with van der Waals surface area (Å²) in [7, 11) is 0. The third kappa shape index (κ3) is 6.00. The largest absolute Gasteiger partial charge is 0.455 e. The van der Waals surface area contributed by atoms with Crippen LogP contribution in [-0.4, -0.2) is 0 Å². The molecule has 2 heteroatoms. The van der Waals surface area contributed by atoms with E-state index in [1.807, 2.05) is 12.1 Å². The zero-order valence-corrected chi connectivity index (χ0v) is 31.7. The molecule has 10 aromatic carbocycles. The minimum atomic E-state index is 0.905. The highest BCUT2D eigenvalue weighted by molar-refractivity contribution is 6.09. The van der Waals surface area contributed by atoms with Crippen molar-refractivity contribution in [3.05, 3.63) is 224 Å². The minimum Gasteiger partial charge on any atom is -0.455 e. The van der Waals surface area contributed by atoms with Gasteiger partial charge >= 0.3 is 0 Å². The number of anilines is 3. The molecule has 0 bridgehead atoms. The third-order valence-corrected chi connectivity index (χ3v) is 11.5. The number of furan rings is 1. The monoisotopic (exact) mass is 739 g/mol. The van der Waals surface area contributed by atoms with Crippen LogP contribution in [0.5, 0.6) is 0 Å². The van der Waals surface area contributed by atoms with E-state index in [4.69, 9.17) is 4.42 Å². The van der Waals surface area contributed by atoms with Gasteiger partial charge < -0.3 is 9.32 Å². The van der Waals surface area contributed by atoms with Gasteiger partial charge in [-0.3, -0.25) is 0 Å². The van der Waals surface area contributed by atoms with E-state index in [0.29, 0.717) is 0 Å². The summed E-state index contributed by atoms with van der Waals surface area (Å²) in [6.45, 7) is 0. The average Bonchev–Trinajstić information content (AvgIpc) is 3.69. The molecule has 58 heavy (non-hydrogen) atoms. The van der Waals surface area contributed by atoms with Gasteiger partial charge in [0.1, 0.15) is 11.2 Å². The highest BCUT2D eigenvalue weighted by Gasteiger charge is 2.17. The van der Waals surface area contributed by atoms with Crippen LogP contribution in [0.1, 0.15) is 0 Å². The molecule has 1 heterocycles. The molecule has 0 aliphatic carbocycles. The molecule has 0 saturated heterocycles.